The molecule has 0 saturated carbocycles. The third kappa shape index (κ3) is 12.8. The molecule has 0 aromatic rings. The fourth-order valence-corrected chi connectivity index (χ4v) is 1.09. The van der Waals surface area contributed by atoms with Crippen molar-refractivity contribution in [1.82, 2.24) is 0 Å². The molecule has 0 aromatic heterocycles. The molecule has 76 valence electrons. The summed E-state index contributed by atoms with van der Waals surface area (Å²) in [4.78, 5) is 8.63. The Morgan fingerprint density at radius 2 is 1.33 bits per heavy atom. The van der Waals surface area contributed by atoms with E-state index in [2.05, 4.69) is 22.9 Å². The van der Waals surface area contributed by atoms with Crippen molar-refractivity contribution in [3.05, 3.63) is 0 Å². The van der Waals surface area contributed by atoms with Gasteiger partial charge in [0.1, 0.15) is 0 Å². The lowest BCUT2D eigenvalue weighted by atomic mass is 10.6. The van der Waals surface area contributed by atoms with Gasteiger partial charge in [0, 0.05) is 0 Å². The van der Waals surface area contributed by atoms with Gasteiger partial charge in [0.05, 0.1) is 13.2 Å². The van der Waals surface area contributed by atoms with Crippen molar-refractivity contribution >= 4 is 7.82 Å². The van der Waals surface area contributed by atoms with Crippen LogP contribution in [0.5, 0.6) is 0 Å². The van der Waals surface area contributed by atoms with Crippen molar-refractivity contribution in [2.75, 3.05) is 13.2 Å². The van der Waals surface area contributed by atoms with Gasteiger partial charge < -0.3 is 4.89 Å². The van der Waals surface area contributed by atoms with Gasteiger partial charge in [-0.05, 0) is 13.8 Å². The molecule has 0 fully saturated rings. The van der Waals surface area contributed by atoms with E-state index >= 15 is 0 Å². The van der Waals surface area contributed by atoms with Crippen molar-refractivity contribution in [2.24, 2.45) is 0 Å². The van der Waals surface area contributed by atoms with Crippen LogP contribution in [0.4, 0.5) is 0 Å². The lowest BCUT2D eigenvalue weighted by Gasteiger charge is -2.07. The molecule has 0 heterocycles. The molecule has 0 aliphatic carbocycles. The van der Waals surface area contributed by atoms with Crippen LogP contribution >= 0.6 is 7.82 Å². The summed E-state index contributed by atoms with van der Waals surface area (Å²) in [6.07, 6.45) is 1.25. The van der Waals surface area contributed by atoms with Gasteiger partial charge in [0.15, 0.2) is 0 Å². The fourth-order valence-electron chi connectivity index (χ4n) is 0.364. The number of phosphoric ester groups is 1. The maximum absolute atomic E-state index is 10.5. The fraction of sp³-hybridized carbons (Fsp3) is 1.00. The van der Waals surface area contributed by atoms with Gasteiger partial charge in [-0.1, -0.05) is 20.3 Å². The van der Waals surface area contributed by atoms with Crippen LogP contribution in [-0.2, 0) is 13.6 Å². The quantitative estimate of drug-likeness (QED) is 0.705. The van der Waals surface area contributed by atoms with Crippen molar-refractivity contribution < 1.29 is 18.5 Å². The van der Waals surface area contributed by atoms with Crippen molar-refractivity contribution in [2.45, 2.75) is 34.1 Å². The Morgan fingerprint density at radius 3 is 1.50 bits per heavy atom. The van der Waals surface area contributed by atoms with Gasteiger partial charge in [-0.15, -0.1) is 0 Å². The van der Waals surface area contributed by atoms with Crippen LogP contribution in [0.3, 0.4) is 0 Å². The molecule has 0 rings (SSSR count). The van der Waals surface area contributed by atoms with Crippen LogP contribution < -0.4 is 0 Å². The molecule has 0 aliphatic rings. The maximum atomic E-state index is 10.5. The Bertz CT molecular complexity index is 117. The van der Waals surface area contributed by atoms with E-state index in [1.54, 1.807) is 13.8 Å². The largest absolute Gasteiger partial charge is 0.472 e. The first-order valence-electron chi connectivity index (χ1n) is 4.15. The van der Waals surface area contributed by atoms with Crippen LogP contribution in [0.1, 0.15) is 34.1 Å². The van der Waals surface area contributed by atoms with E-state index in [9.17, 15) is 4.57 Å². The first-order valence-corrected chi connectivity index (χ1v) is 5.65. The lowest BCUT2D eigenvalue weighted by molar-refractivity contribution is 0.161. The molecule has 0 radical (unpaired) electrons. The molecule has 0 aliphatic heterocycles. The highest BCUT2D eigenvalue weighted by Crippen LogP contribution is 2.42. The number of hydrogen-bond acceptors (Lipinski definition) is 3. The lowest BCUT2D eigenvalue weighted by Crippen LogP contribution is -1.93. The topological polar surface area (TPSA) is 55.8 Å². The molecule has 1 N–H and O–H groups in total. The molecule has 0 spiro atoms. The monoisotopic (exact) mass is 198 g/mol. The van der Waals surface area contributed by atoms with E-state index in [0.29, 0.717) is 0 Å². The third-order valence-electron chi connectivity index (χ3n) is 0.584. The second-order valence-corrected chi connectivity index (χ2v) is 3.46. The molecular formula is C7H19O4P. The predicted molar refractivity (Wildman–Crippen MR) is 49.0 cm³/mol. The second kappa shape index (κ2) is 9.20. The molecule has 0 bridgehead atoms. The van der Waals surface area contributed by atoms with Gasteiger partial charge in [0.2, 0.25) is 0 Å². The zero-order chi connectivity index (χ0) is 10.0. The van der Waals surface area contributed by atoms with E-state index < -0.39 is 7.82 Å². The molecule has 0 aromatic carbocycles. The summed E-state index contributed by atoms with van der Waals surface area (Å²) in [5.74, 6) is 0. The zero-order valence-electron chi connectivity index (χ0n) is 8.24. The Balaban J connectivity index is 0. The summed E-state index contributed by atoms with van der Waals surface area (Å²) in [7, 11) is -3.69. The van der Waals surface area contributed by atoms with Gasteiger partial charge in [-0.2, -0.15) is 0 Å². The summed E-state index contributed by atoms with van der Waals surface area (Å²) in [5, 5.41) is 0. The summed E-state index contributed by atoms with van der Waals surface area (Å²) in [6, 6.07) is 0. The zero-order valence-corrected chi connectivity index (χ0v) is 9.13. The third-order valence-corrected chi connectivity index (χ3v) is 1.75. The molecule has 0 atom stereocenters. The summed E-state index contributed by atoms with van der Waals surface area (Å²) in [5.41, 5.74) is 0. The average Bonchev–Trinajstić information content (AvgIpc) is 1.88. The smallest absolute Gasteiger partial charge is 0.302 e. The van der Waals surface area contributed by atoms with Crippen molar-refractivity contribution in [3.8, 4) is 0 Å². The molecule has 0 unspecified atom stereocenters. The van der Waals surface area contributed by atoms with Gasteiger partial charge in [0.25, 0.3) is 0 Å². The molecule has 4 nitrogen and oxygen atoms in total. The first kappa shape index (κ1) is 14.6. The number of rotatable bonds is 4. The van der Waals surface area contributed by atoms with Crippen LogP contribution in [-0.4, -0.2) is 18.1 Å². The SMILES string of the molecule is CCC.CCOP(=O)(O)OCC. The predicted octanol–water partition coefficient (Wildman–Crippen LogP) is 2.58. The Labute approximate surface area is 74.5 Å². The Hall–Kier alpha value is 0.110. The molecule has 0 amide bonds. The van der Waals surface area contributed by atoms with Crippen LogP contribution in [0.2, 0.25) is 0 Å². The highest BCUT2D eigenvalue weighted by atomic mass is 31.2. The summed E-state index contributed by atoms with van der Waals surface area (Å²) >= 11 is 0. The first-order chi connectivity index (χ1) is 5.54. The van der Waals surface area contributed by atoms with Crippen LogP contribution in [0.15, 0.2) is 0 Å². The highest BCUT2D eigenvalue weighted by molar-refractivity contribution is 7.47. The van der Waals surface area contributed by atoms with Crippen LogP contribution in [0.25, 0.3) is 0 Å². The Morgan fingerprint density at radius 1 is 1.08 bits per heavy atom. The van der Waals surface area contributed by atoms with Gasteiger partial charge >= 0.3 is 7.82 Å². The van der Waals surface area contributed by atoms with Crippen molar-refractivity contribution in [3.63, 3.8) is 0 Å². The van der Waals surface area contributed by atoms with E-state index in [1.165, 1.54) is 6.42 Å². The van der Waals surface area contributed by atoms with E-state index in [-0.39, 0.29) is 13.2 Å². The summed E-state index contributed by atoms with van der Waals surface area (Å²) < 4.78 is 19.2. The maximum Gasteiger partial charge on any atom is 0.472 e. The normalized spacial score (nSPS) is 10.4. The molecule has 0 saturated heterocycles. The average molecular weight is 198 g/mol. The minimum atomic E-state index is -3.69. The van der Waals surface area contributed by atoms with Crippen LogP contribution in [0, 0.1) is 0 Å². The second-order valence-electron chi connectivity index (χ2n) is 2.01. The van der Waals surface area contributed by atoms with Gasteiger partial charge in [-0.25, -0.2) is 4.57 Å². The number of hydrogen-bond donors (Lipinski definition) is 1. The minimum absolute atomic E-state index is 0.188. The minimum Gasteiger partial charge on any atom is -0.302 e. The van der Waals surface area contributed by atoms with E-state index in [1.807, 2.05) is 0 Å². The van der Waals surface area contributed by atoms with Gasteiger partial charge in [-0.3, -0.25) is 9.05 Å². The highest BCUT2D eigenvalue weighted by Gasteiger charge is 2.17. The Kier molecular flexibility index (Phi) is 11.2. The molecule has 12 heavy (non-hydrogen) atoms. The van der Waals surface area contributed by atoms with E-state index in [0.717, 1.165) is 0 Å². The van der Waals surface area contributed by atoms with E-state index in [4.69, 9.17) is 4.89 Å². The molecular weight excluding hydrogens is 179 g/mol. The summed E-state index contributed by atoms with van der Waals surface area (Å²) in [6.45, 7) is 7.88. The standard InChI is InChI=1S/C4H11O4P.C3H8/c1-3-7-9(5,6)8-4-2;1-3-2/h3-4H2,1-2H3,(H,5,6);3H2,1-2H3. The number of phosphoric acid groups is 1. The molecule has 5 heteroatoms. The van der Waals surface area contributed by atoms with Crippen molar-refractivity contribution in [1.29, 1.82) is 0 Å².